The van der Waals surface area contributed by atoms with Gasteiger partial charge in [0.25, 0.3) is 0 Å². The van der Waals surface area contributed by atoms with Crippen LogP contribution in [0.5, 0.6) is 0 Å². The quantitative estimate of drug-likeness (QED) is 0.943. The topological polar surface area (TPSA) is 56.7 Å². The van der Waals surface area contributed by atoms with Crippen molar-refractivity contribution < 1.29 is 4.39 Å². The lowest BCUT2D eigenvalue weighted by atomic mass is 10.0. The van der Waals surface area contributed by atoms with Crippen molar-refractivity contribution in [3.63, 3.8) is 0 Å². The number of hydrogen-bond acceptors (Lipinski definition) is 3. The van der Waals surface area contributed by atoms with E-state index in [2.05, 4.69) is 26.0 Å². The molecule has 0 amide bonds. The van der Waals surface area contributed by atoms with Gasteiger partial charge in [0.05, 0.1) is 0 Å². The summed E-state index contributed by atoms with van der Waals surface area (Å²) in [6.07, 6.45) is 2.04. The molecule has 1 heterocycles. The Morgan fingerprint density at radius 1 is 1.44 bits per heavy atom. The number of halogens is 2. The van der Waals surface area contributed by atoms with Crippen molar-refractivity contribution in [2.75, 3.05) is 0 Å². The number of aryl methyl sites for hydroxylation is 1. The summed E-state index contributed by atoms with van der Waals surface area (Å²) in [6.45, 7) is 2.73. The van der Waals surface area contributed by atoms with Gasteiger partial charge in [-0.05, 0) is 30.7 Å². The molecular formula is C12H14BrFN4. The van der Waals surface area contributed by atoms with E-state index in [1.54, 1.807) is 4.68 Å². The molecule has 18 heavy (non-hydrogen) atoms. The predicted octanol–water partition coefficient (Wildman–Crippen LogP) is 2.44. The molecule has 96 valence electrons. The van der Waals surface area contributed by atoms with Crippen LogP contribution >= 0.6 is 15.9 Å². The molecule has 4 nitrogen and oxygen atoms in total. The van der Waals surface area contributed by atoms with Crippen LogP contribution in [-0.2, 0) is 13.0 Å². The number of benzene rings is 1. The highest BCUT2D eigenvalue weighted by atomic mass is 79.9. The number of hydrogen-bond donors (Lipinski definition) is 1. The highest BCUT2D eigenvalue weighted by Crippen LogP contribution is 2.21. The molecule has 0 spiro atoms. The fourth-order valence-corrected chi connectivity index (χ4v) is 2.30. The van der Waals surface area contributed by atoms with Gasteiger partial charge in [-0.2, -0.15) is 5.10 Å². The maximum atomic E-state index is 13.3. The Labute approximate surface area is 113 Å². The minimum Gasteiger partial charge on any atom is -0.324 e. The van der Waals surface area contributed by atoms with E-state index in [0.29, 0.717) is 10.9 Å². The number of nitrogens with two attached hydrogens (primary N) is 1. The molecular weight excluding hydrogens is 299 g/mol. The van der Waals surface area contributed by atoms with E-state index < -0.39 is 0 Å². The third-order valence-electron chi connectivity index (χ3n) is 2.71. The van der Waals surface area contributed by atoms with Gasteiger partial charge >= 0.3 is 0 Å². The summed E-state index contributed by atoms with van der Waals surface area (Å²) < 4.78 is 15.8. The van der Waals surface area contributed by atoms with E-state index in [1.807, 2.05) is 13.0 Å². The van der Waals surface area contributed by atoms with Crippen LogP contribution in [0, 0.1) is 5.82 Å². The molecule has 0 aliphatic heterocycles. The van der Waals surface area contributed by atoms with E-state index in [1.165, 1.54) is 18.5 Å². The molecule has 6 heteroatoms. The molecule has 2 rings (SSSR count). The summed E-state index contributed by atoms with van der Waals surface area (Å²) >= 11 is 3.26. The minimum atomic E-state index is -0.300. The average Bonchev–Trinajstić information content (AvgIpc) is 2.75. The normalized spacial score (nSPS) is 12.7. The lowest BCUT2D eigenvalue weighted by molar-refractivity contribution is 0.576. The molecule has 0 saturated carbocycles. The minimum absolute atomic E-state index is 0.299. The molecule has 2 aromatic rings. The Morgan fingerprint density at radius 2 is 2.22 bits per heavy atom. The van der Waals surface area contributed by atoms with Crippen LogP contribution in [0.25, 0.3) is 0 Å². The first-order valence-corrected chi connectivity index (χ1v) is 6.47. The summed E-state index contributed by atoms with van der Waals surface area (Å²) in [6, 6.07) is 4.37. The van der Waals surface area contributed by atoms with Crippen molar-refractivity contribution in [2.24, 2.45) is 5.73 Å². The van der Waals surface area contributed by atoms with Crippen LogP contribution in [0.2, 0.25) is 0 Å². The van der Waals surface area contributed by atoms with Crippen LogP contribution in [0.3, 0.4) is 0 Å². The molecule has 0 bridgehead atoms. The number of rotatable bonds is 4. The van der Waals surface area contributed by atoms with E-state index in [9.17, 15) is 4.39 Å². The Kier molecular flexibility index (Phi) is 4.08. The Morgan fingerprint density at radius 3 is 2.89 bits per heavy atom. The highest BCUT2D eigenvalue weighted by molar-refractivity contribution is 9.10. The van der Waals surface area contributed by atoms with Crippen LogP contribution in [-0.4, -0.2) is 14.8 Å². The third-order valence-corrected chi connectivity index (χ3v) is 3.17. The first-order chi connectivity index (χ1) is 8.60. The molecule has 1 unspecified atom stereocenters. The Bertz CT molecular complexity index is 520. The third kappa shape index (κ3) is 2.94. The predicted molar refractivity (Wildman–Crippen MR) is 70.4 cm³/mol. The van der Waals surface area contributed by atoms with Gasteiger partial charge in [0, 0.05) is 23.5 Å². The molecule has 0 radical (unpaired) electrons. The smallest absolute Gasteiger partial charge is 0.138 e. The molecule has 2 N–H and O–H groups in total. The second-order valence-corrected chi connectivity index (χ2v) is 4.92. The largest absolute Gasteiger partial charge is 0.324 e. The van der Waals surface area contributed by atoms with E-state index >= 15 is 0 Å². The van der Waals surface area contributed by atoms with Gasteiger partial charge in [-0.3, -0.25) is 4.68 Å². The highest BCUT2D eigenvalue weighted by Gasteiger charge is 2.13. The first kappa shape index (κ1) is 13.2. The zero-order chi connectivity index (χ0) is 13.1. The standard InChI is InChI=1S/C12H14BrFN4/c1-2-18-12(16-7-17-18)6-11(15)8-3-9(13)5-10(14)4-8/h3-5,7,11H,2,6,15H2,1H3. The molecule has 1 atom stereocenters. The molecule has 1 aromatic heterocycles. The summed E-state index contributed by atoms with van der Waals surface area (Å²) in [5, 5.41) is 4.08. The van der Waals surface area contributed by atoms with Gasteiger partial charge in [-0.1, -0.05) is 15.9 Å². The molecule has 0 saturated heterocycles. The first-order valence-electron chi connectivity index (χ1n) is 5.68. The van der Waals surface area contributed by atoms with Gasteiger partial charge in [-0.25, -0.2) is 9.37 Å². The number of nitrogens with zero attached hydrogens (tertiary/aromatic N) is 3. The van der Waals surface area contributed by atoms with Gasteiger partial charge in [0.15, 0.2) is 0 Å². The van der Waals surface area contributed by atoms with Crippen LogP contribution in [0.4, 0.5) is 4.39 Å². The lowest BCUT2D eigenvalue weighted by Crippen LogP contribution is -2.17. The molecule has 1 aromatic carbocycles. The van der Waals surface area contributed by atoms with E-state index in [0.717, 1.165) is 17.9 Å². The summed E-state index contributed by atoms with van der Waals surface area (Å²) in [4.78, 5) is 4.16. The zero-order valence-electron chi connectivity index (χ0n) is 9.98. The Balaban J connectivity index is 2.19. The second-order valence-electron chi connectivity index (χ2n) is 4.01. The van der Waals surface area contributed by atoms with Gasteiger partial charge in [0.2, 0.25) is 0 Å². The van der Waals surface area contributed by atoms with Crippen LogP contribution < -0.4 is 5.73 Å². The molecule has 0 aliphatic carbocycles. The molecule has 0 aliphatic rings. The van der Waals surface area contributed by atoms with Gasteiger partial charge in [-0.15, -0.1) is 0 Å². The van der Waals surface area contributed by atoms with E-state index in [4.69, 9.17) is 5.73 Å². The summed E-state index contributed by atoms with van der Waals surface area (Å²) in [5.41, 5.74) is 6.82. The molecule has 0 fully saturated rings. The van der Waals surface area contributed by atoms with Crippen LogP contribution in [0.15, 0.2) is 29.0 Å². The van der Waals surface area contributed by atoms with Gasteiger partial charge in [0.1, 0.15) is 18.0 Å². The summed E-state index contributed by atoms with van der Waals surface area (Å²) in [7, 11) is 0. The van der Waals surface area contributed by atoms with Crippen molar-refractivity contribution in [3.05, 3.63) is 46.2 Å². The van der Waals surface area contributed by atoms with Crippen molar-refractivity contribution >= 4 is 15.9 Å². The monoisotopic (exact) mass is 312 g/mol. The number of aromatic nitrogens is 3. The maximum absolute atomic E-state index is 13.3. The SMILES string of the molecule is CCn1ncnc1CC(N)c1cc(F)cc(Br)c1. The fraction of sp³-hybridized carbons (Fsp3) is 0.333. The van der Waals surface area contributed by atoms with Crippen molar-refractivity contribution in [2.45, 2.75) is 25.9 Å². The second kappa shape index (κ2) is 5.58. The average molecular weight is 313 g/mol. The lowest BCUT2D eigenvalue weighted by Gasteiger charge is -2.12. The van der Waals surface area contributed by atoms with Crippen molar-refractivity contribution in [1.29, 1.82) is 0 Å². The Hall–Kier alpha value is -1.27. The van der Waals surface area contributed by atoms with Crippen molar-refractivity contribution in [3.8, 4) is 0 Å². The zero-order valence-corrected chi connectivity index (χ0v) is 11.6. The fourth-order valence-electron chi connectivity index (χ4n) is 1.81. The van der Waals surface area contributed by atoms with Gasteiger partial charge < -0.3 is 5.73 Å². The van der Waals surface area contributed by atoms with Crippen molar-refractivity contribution in [1.82, 2.24) is 14.8 Å². The summed E-state index contributed by atoms with van der Waals surface area (Å²) in [5.74, 6) is 0.511. The van der Waals surface area contributed by atoms with E-state index in [-0.39, 0.29) is 11.9 Å². The maximum Gasteiger partial charge on any atom is 0.138 e. The van der Waals surface area contributed by atoms with Crippen LogP contribution in [0.1, 0.15) is 24.4 Å².